The van der Waals surface area contributed by atoms with Gasteiger partial charge in [-0.05, 0) is 30.5 Å². The van der Waals surface area contributed by atoms with Gasteiger partial charge in [-0.15, -0.1) is 0 Å². The van der Waals surface area contributed by atoms with Crippen molar-refractivity contribution in [3.05, 3.63) is 29.8 Å². The summed E-state index contributed by atoms with van der Waals surface area (Å²) in [4.78, 5) is 48.1. The van der Waals surface area contributed by atoms with Crippen LogP contribution in [0.5, 0.6) is 5.75 Å². The summed E-state index contributed by atoms with van der Waals surface area (Å²) in [5.41, 5.74) is 6.46. The second kappa shape index (κ2) is 11.9. The predicted octanol–water partition coefficient (Wildman–Crippen LogP) is -1.53. The fraction of sp³-hybridized carbons (Fsp3) is 0.500. The van der Waals surface area contributed by atoms with E-state index in [4.69, 9.17) is 10.8 Å². The van der Waals surface area contributed by atoms with Crippen molar-refractivity contribution < 1.29 is 34.5 Å². The first-order chi connectivity index (χ1) is 14.4. The number of carbonyl (C=O) groups is 4. The van der Waals surface area contributed by atoms with Crippen LogP contribution >= 0.6 is 0 Å². The van der Waals surface area contributed by atoms with Gasteiger partial charge in [0, 0.05) is 6.42 Å². The van der Waals surface area contributed by atoms with Crippen molar-refractivity contribution in [3.8, 4) is 5.75 Å². The van der Waals surface area contributed by atoms with Gasteiger partial charge in [-0.1, -0.05) is 26.0 Å². The molecule has 31 heavy (non-hydrogen) atoms. The lowest BCUT2D eigenvalue weighted by molar-refractivity contribution is -0.139. The highest BCUT2D eigenvalue weighted by Gasteiger charge is 2.31. The Kier molecular flexibility index (Phi) is 9.90. The van der Waals surface area contributed by atoms with Crippen LogP contribution in [0.15, 0.2) is 24.3 Å². The molecule has 1 rings (SSSR count). The van der Waals surface area contributed by atoms with Gasteiger partial charge in [-0.25, -0.2) is 0 Å². The molecule has 11 heteroatoms. The molecule has 0 saturated carbocycles. The summed E-state index contributed by atoms with van der Waals surface area (Å²) in [5.74, 6) is -3.68. The lowest BCUT2D eigenvalue weighted by Gasteiger charge is -2.26. The summed E-state index contributed by atoms with van der Waals surface area (Å²) in [6.45, 7) is 4.06. The van der Waals surface area contributed by atoms with E-state index >= 15 is 0 Å². The summed E-state index contributed by atoms with van der Waals surface area (Å²) in [5, 5.41) is 35.0. The zero-order valence-corrected chi connectivity index (χ0v) is 17.7. The maximum atomic E-state index is 12.9. The van der Waals surface area contributed by atoms with Gasteiger partial charge in [-0.3, -0.25) is 19.2 Å². The van der Waals surface area contributed by atoms with E-state index in [1.165, 1.54) is 19.1 Å². The van der Waals surface area contributed by atoms with E-state index in [1.807, 2.05) is 0 Å². The number of nitrogens with two attached hydrogens (primary N) is 1. The van der Waals surface area contributed by atoms with Crippen molar-refractivity contribution in [1.82, 2.24) is 16.0 Å². The predicted molar refractivity (Wildman–Crippen MR) is 111 cm³/mol. The molecule has 8 N–H and O–H groups in total. The van der Waals surface area contributed by atoms with Crippen molar-refractivity contribution in [2.24, 2.45) is 11.7 Å². The van der Waals surface area contributed by atoms with E-state index < -0.39 is 54.5 Å². The van der Waals surface area contributed by atoms with Crippen molar-refractivity contribution in [1.29, 1.82) is 0 Å². The number of amides is 3. The van der Waals surface area contributed by atoms with E-state index in [1.54, 1.807) is 26.0 Å². The monoisotopic (exact) mass is 438 g/mol. The molecule has 0 bridgehead atoms. The van der Waals surface area contributed by atoms with Crippen molar-refractivity contribution in [3.63, 3.8) is 0 Å². The molecule has 11 nitrogen and oxygen atoms in total. The van der Waals surface area contributed by atoms with Crippen LogP contribution in [0.2, 0.25) is 0 Å². The van der Waals surface area contributed by atoms with Crippen LogP contribution < -0.4 is 21.7 Å². The van der Waals surface area contributed by atoms with Crippen molar-refractivity contribution in [2.45, 2.75) is 51.4 Å². The number of hydrogen-bond donors (Lipinski definition) is 7. The van der Waals surface area contributed by atoms with Crippen LogP contribution in [0.4, 0.5) is 0 Å². The number of aliphatic hydroxyl groups excluding tert-OH is 1. The molecule has 0 aliphatic carbocycles. The lowest BCUT2D eigenvalue weighted by atomic mass is 10.0. The Morgan fingerprint density at radius 2 is 1.55 bits per heavy atom. The Balaban J connectivity index is 3.03. The van der Waals surface area contributed by atoms with Crippen LogP contribution in [0.1, 0.15) is 26.3 Å². The van der Waals surface area contributed by atoms with Crippen LogP contribution in [-0.4, -0.2) is 69.8 Å². The molecule has 1 aromatic carbocycles. The summed E-state index contributed by atoms with van der Waals surface area (Å²) in [6, 6.07) is 2.52. The number of benzene rings is 1. The normalized spacial score (nSPS) is 14.8. The SMILES string of the molecule is CC(C)C(N)C(=O)NC(Cc1ccc(O)cc1)C(=O)NC(C(=O)NCC(=O)O)C(C)O. The summed E-state index contributed by atoms with van der Waals surface area (Å²) in [7, 11) is 0. The van der Waals surface area contributed by atoms with Gasteiger partial charge < -0.3 is 37.0 Å². The lowest BCUT2D eigenvalue weighted by Crippen LogP contribution is -2.59. The Morgan fingerprint density at radius 1 is 0.968 bits per heavy atom. The highest BCUT2D eigenvalue weighted by Crippen LogP contribution is 2.12. The molecule has 0 heterocycles. The number of aliphatic carboxylic acids is 1. The van der Waals surface area contributed by atoms with Gasteiger partial charge in [-0.2, -0.15) is 0 Å². The smallest absolute Gasteiger partial charge is 0.322 e. The minimum atomic E-state index is -1.44. The van der Waals surface area contributed by atoms with Crippen LogP contribution in [0, 0.1) is 5.92 Å². The van der Waals surface area contributed by atoms with Gasteiger partial charge in [0.2, 0.25) is 17.7 Å². The zero-order chi connectivity index (χ0) is 23.7. The quantitative estimate of drug-likeness (QED) is 0.216. The molecular weight excluding hydrogens is 408 g/mol. The van der Waals surface area contributed by atoms with Gasteiger partial charge >= 0.3 is 5.97 Å². The van der Waals surface area contributed by atoms with E-state index in [0.717, 1.165) is 0 Å². The summed E-state index contributed by atoms with van der Waals surface area (Å²) >= 11 is 0. The molecule has 0 fully saturated rings. The second-order valence-electron chi connectivity index (χ2n) is 7.54. The number of carboxylic acids is 1. The molecular formula is C20H30N4O7. The fourth-order valence-corrected chi connectivity index (χ4v) is 2.58. The highest BCUT2D eigenvalue weighted by molar-refractivity contribution is 5.94. The van der Waals surface area contributed by atoms with Gasteiger partial charge in [0.1, 0.15) is 24.4 Å². The van der Waals surface area contributed by atoms with E-state index in [2.05, 4.69) is 16.0 Å². The molecule has 0 saturated heterocycles. The minimum Gasteiger partial charge on any atom is -0.508 e. The third kappa shape index (κ3) is 8.60. The average molecular weight is 438 g/mol. The second-order valence-corrected chi connectivity index (χ2v) is 7.54. The minimum absolute atomic E-state index is 0.0198. The van der Waals surface area contributed by atoms with Crippen LogP contribution in [0.25, 0.3) is 0 Å². The number of aromatic hydroxyl groups is 1. The number of carboxylic acid groups (broad SMARTS) is 1. The molecule has 172 valence electrons. The summed E-state index contributed by atoms with van der Waals surface area (Å²) < 4.78 is 0. The molecule has 0 radical (unpaired) electrons. The van der Waals surface area contributed by atoms with Crippen molar-refractivity contribution in [2.75, 3.05) is 6.54 Å². The van der Waals surface area contributed by atoms with Crippen LogP contribution in [-0.2, 0) is 25.6 Å². The number of aliphatic hydroxyl groups is 1. The molecule has 0 spiro atoms. The van der Waals surface area contributed by atoms with E-state index in [-0.39, 0.29) is 18.1 Å². The summed E-state index contributed by atoms with van der Waals surface area (Å²) in [6.07, 6.45) is -1.31. The molecule has 3 amide bonds. The average Bonchev–Trinajstić information content (AvgIpc) is 2.69. The third-order valence-electron chi connectivity index (χ3n) is 4.51. The Bertz CT molecular complexity index is 780. The molecule has 0 aliphatic heterocycles. The largest absolute Gasteiger partial charge is 0.508 e. The molecule has 0 aliphatic rings. The molecule has 1 aromatic rings. The fourth-order valence-electron chi connectivity index (χ4n) is 2.58. The molecule has 4 unspecified atom stereocenters. The molecule has 0 aromatic heterocycles. The van der Waals surface area contributed by atoms with Crippen LogP contribution in [0.3, 0.4) is 0 Å². The zero-order valence-electron chi connectivity index (χ0n) is 17.7. The van der Waals surface area contributed by atoms with Gasteiger partial charge in [0.15, 0.2) is 0 Å². The first-order valence-corrected chi connectivity index (χ1v) is 9.74. The number of nitrogens with one attached hydrogen (secondary N) is 3. The Morgan fingerprint density at radius 3 is 2.03 bits per heavy atom. The molecule has 4 atom stereocenters. The topological polar surface area (TPSA) is 191 Å². The number of phenolic OH excluding ortho intramolecular Hbond substituents is 1. The maximum Gasteiger partial charge on any atom is 0.322 e. The van der Waals surface area contributed by atoms with Gasteiger partial charge in [0.05, 0.1) is 12.1 Å². The number of hydrogen-bond acceptors (Lipinski definition) is 7. The first kappa shape index (κ1) is 25.9. The Labute approximate surface area is 180 Å². The number of carbonyl (C=O) groups excluding carboxylic acids is 3. The first-order valence-electron chi connectivity index (χ1n) is 9.74. The highest BCUT2D eigenvalue weighted by atomic mass is 16.4. The standard InChI is InChI=1S/C20H30N4O7/c1-10(2)16(21)19(30)23-14(8-12-4-6-13(26)7-5-12)18(29)24-17(11(3)25)20(31)22-9-15(27)28/h4-7,10-11,14,16-17,25-26H,8-9,21H2,1-3H3,(H,22,31)(H,23,30)(H,24,29)(H,27,28). The number of phenols is 1. The van der Waals surface area contributed by atoms with Crippen molar-refractivity contribution >= 4 is 23.7 Å². The van der Waals surface area contributed by atoms with Gasteiger partial charge in [0.25, 0.3) is 0 Å². The third-order valence-corrected chi connectivity index (χ3v) is 4.51. The van der Waals surface area contributed by atoms with E-state index in [0.29, 0.717) is 5.56 Å². The van der Waals surface area contributed by atoms with E-state index in [9.17, 15) is 29.4 Å². The number of rotatable bonds is 11. The maximum absolute atomic E-state index is 12.9. The Hall–Kier alpha value is -3.18.